The van der Waals surface area contributed by atoms with E-state index in [1.54, 1.807) is 18.2 Å². The van der Waals surface area contributed by atoms with E-state index in [2.05, 4.69) is 5.32 Å². The van der Waals surface area contributed by atoms with E-state index < -0.39 is 30.1 Å². The summed E-state index contributed by atoms with van der Waals surface area (Å²) in [4.78, 5) is 35.6. The van der Waals surface area contributed by atoms with Crippen LogP contribution in [0.25, 0.3) is 0 Å². The van der Waals surface area contributed by atoms with Crippen molar-refractivity contribution >= 4 is 35.1 Å². The van der Waals surface area contributed by atoms with Gasteiger partial charge in [-0.15, -0.1) is 11.8 Å². The van der Waals surface area contributed by atoms with Crippen LogP contribution < -0.4 is 5.32 Å². The van der Waals surface area contributed by atoms with E-state index in [4.69, 9.17) is 4.74 Å². The minimum absolute atomic E-state index is 0.0466. The molecule has 1 amide bonds. The minimum Gasteiger partial charge on any atom is -0.452 e. The monoisotopic (exact) mass is 379 g/mol. The lowest BCUT2D eigenvalue weighted by Gasteiger charge is -2.10. The molecule has 0 unspecified atom stereocenters. The minimum atomic E-state index is -0.809. The molecular formula is C18H15F2NO4S. The molecule has 0 aliphatic rings. The number of hydrogen-bond donors (Lipinski definition) is 1. The van der Waals surface area contributed by atoms with E-state index in [1.807, 2.05) is 0 Å². The van der Waals surface area contributed by atoms with Crippen molar-refractivity contribution in [1.29, 1.82) is 0 Å². The topological polar surface area (TPSA) is 72.5 Å². The molecule has 0 aromatic heterocycles. The average Bonchev–Trinajstić information content (AvgIpc) is 2.61. The number of hydrogen-bond acceptors (Lipinski definition) is 5. The van der Waals surface area contributed by atoms with Gasteiger partial charge in [-0.05, 0) is 31.2 Å². The second-order valence-electron chi connectivity index (χ2n) is 5.24. The van der Waals surface area contributed by atoms with E-state index in [-0.39, 0.29) is 22.8 Å². The van der Waals surface area contributed by atoms with Crippen LogP contribution in [0.4, 0.5) is 14.5 Å². The summed E-state index contributed by atoms with van der Waals surface area (Å²) in [7, 11) is 0. The molecule has 0 saturated heterocycles. The van der Waals surface area contributed by atoms with Crippen LogP contribution in [-0.4, -0.2) is 30.0 Å². The molecule has 2 aromatic carbocycles. The summed E-state index contributed by atoms with van der Waals surface area (Å²) in [6.45, 7) is 0.768. The fourth-order valence-corrected chi connectivity index (χ4v) is 2.77. The maximum absolute atomic E-state index is 13.5. The van der Waals surface area contributed by atoms with E-state index >= 15 is 0 Å². The number of esters is 1. The van der Waals surface area contributed by atoms with Crippen molar-refractivity contribution in [3.8, 4) is 0 Å². The zero-order chi connectivity index (χ0) is 19.1. The standard InChI is InChI=1S/C18H15F2NO4S/c1-11(22)10-26-16-5-3-2-4-13(16)18(24)25-9-17(23)21-15-8-12(19)6-7-14(15)20/h2-8H,9-10H2,1H3,(H,21,23). The van der Waals surface area contributed by atoms with Gasteiger partial charge in [-0.2, -0.15) is 0 Å². The van der Waals surface area contributed by atoms with Crippen molar-refractivity contribution in [3.63, 3.8) is 0 Å². The largest absolute Gasteiger partial charge is 0.452 e. The Balaban J connectivity index is 1.97. The number of benzene rings is 2. The van der Waals surface area contributed by atoms with Crippen LogP contribution in [0, 0.1) is 11.6 Å². The highest BCUT2D eigenvalue weighted by molar-refractivity contribution is 8.00. The molecule has 1 N–H and O–H groups in total. The Kier molecular flexibility index (Phi) is 6.85. The molecular weight excluding hydrogens is 364 g/mol. The van der Waals surface area contributed by atoms with Crippen LogP contribution in [-0.2, 0) is 14.3 Å². The zero-order valence-corrected chi connectivity index (χ0v) is 14.6. The number of thioether (sulfide) groups is 1. The number of rotatable bonds is 7. The molecule has 0 fully saturated rings. The highest BCUT2D eigenvalue weighted by atomic mass is 32.2. The SMILES string of the molecule is CC(=O)CSc1ccccc1C(=O)OCC(=O)Nc1cc(F)ccc1F. The van der Waals surface area contributed by atoms with Gasteiger partial charge in [-0.1, -0.05) is 12.1 Å². The third-order valence-electron chi connectivity index (χ3n) is 3.07. The van der Waals surface area contributed by atoms with Gasteiger partial charge in [-0.25, -0.2) is 13.6 Å². The van der Waals surface area contributed by atoms with Gasteiger partial charge < -0.3 is 10.1 Å². The van der Waals surface area contributed by atoms with E-state index in [9.17, 15) is 23.2 Å². The van der Waals surface area contributed by atoms with E-state index in [1.165, 1.54) is 24.8 Å². The molecule has 136 valence electrons. The summed E-state index contributed by atoms with van der Waals surface area (Å²) in [5, 5.41) is 2.13. The van der Waals surface area contributed by atoms with Crippen molar-refractivity contribution in [2.45, 2.75) is 11.8 Å². The van der Waals surface area contributed by atoms with E-state index in [0.29, 0.717) is 4.90 Å². The number of Topliss-reactive ketones (excluding diaryl/α,β-unsaturated/α-hetero) is 1. The number of carbonyl (C=O) groups excluding carboxylic acids is 3. The Labute approximate surface area is 152 Å². The molecule has 0 aliphatic heterocycles. The number of amides is 1. The average molecular weight is 379 g/mol. The first-order valence-electron chi connectivity index (χ1n) is 7.50. The number of anilines is 1. The van der Waals surface area contributed by atoms with Crippen LogP contribution in [0.1, 0.15) is 17.3 Å². The Hall–Kier alpha value is -2.74. The van der Waals surface area contributed by atoms with Gasteiger partial charge in [0.15, 0.2) is 6.61 Å². The Morgan fingerprint density at radius 2 is 1.85 bits per heavy atom. The highest BCUT2D eigenvalue weighted by Gasteiger charge is 2.16. The first-order chi connectivity index (χ1) is 12.4. The smallest absolute Gasteiger partial charge is 0.339 e. The Morgan fingerprint density at radius 1 is 1.12 bits per heavy atom. The Morgan fingerprint density at radius 3 is 2.58 bits per heavy atom. The molecule has 2 aromatic rings. The number of nitrogens with one attached hydrogen (secondary N) is 1. The predicted molar refractivity (Wildman–Crippen MR) is 93.1 cm³/mol. The molecule has 5 nitrogen and oxygen atoms in total. The van der Waals surface area contributed by atoms with Gasteiger partial charge in [0.2, 0.25) is 0 Å². The third-order valence-corrected chi connectivity index (χ3v) is 4.29. The lowest BCUT2D eigenvalue weighted by molar-refractivity contribution is -0.119. The van der Waals surface area contributed by atoms with Crippen molar-refractivity contribution in [3.05, 3.63) is 59.7 Å². The first kappa shape index (κ1) is 19.6. The summed E-state index contributed by atoms with van der Waals surface area (Å²) in [6, 6.07) is 9.11. The van der Waals surface area contributed by atoms with Crippen molar-refractivity contribution < 1.29 is 27.9 Å². The Bertz CT molecular complexity index is 842. The van der Waals surface area contributed by atoms with Gasteiger partial charge in [0.1, 0.15) is 17.4 Å². The maximum Gasteiger partial charge on any atom is 0.339 e. The highest BCUT2D eigenvalue weighted by Crippen LogP contribution is 2.23. The van der Waals surface area contributed by atoms with Gasteiger partial charge in [0.05, 0.1) is 17.0 Å². The molecule has 0 radical (unpaired) electrons. The first-order valence-corrected chi connectivity index (χ1v) is 8.48. The third kappa shape index (κ3) is 5.66. The van der Waals surface area contributed by atoms with Gasteiger partial charge in [-0.3, -0.25) is 9.59 Å². The van der Waals surface area contributed by atoms with Gasteiger partial charge in [0, 0.05) is 11.0 Å². The summed E-state index contributed by atoms with van der Waals surface area (Å²) >= 11 is 1.18. The summed E-state index contributed by atoms with van der Waals surface area (Å²) < 4.78 is 31.5. The molecule has 8 heteroatoms. The van der Waals surface area contributed by atoms with Crippen molar-refractivity contribution in [2.24, 2.45) is 0 Å². The fourth-order valence-electron chi connectivity index (χ4n) is 1.93. The number of halogens is 2. The number of carbonyl (C=O) groups is 3. The summed E-state index contributed by atoms with van der Waals surface area (Å²) in [5.41, 5.74) is -0.132. The summed E-state index contributed by atoms with van der Waals surface area (Å²) in [5.74, 6) is -2.94. The molecule has 0 bridgehead atoms. The van der Waals surface area contributed by atoms with Crippen LogP contribution in [0.2, 0.25) is 0 Å². The lowest BCUT2D eigenvalue weighted by atomic mass is 10.2. The predicted octanol–water partition coefficient (Wildman–Crippen LogP) is 3.44. The molecule has 0 heterocycles. The zero-order valence-electron chi connectivity index (χ0n) is 13.8. The molecule has 0 atom stereocenters. The van der Waals surface area contributed by atoms with Crippen LogP contribution in [0.3, 0.4) is 0 Å². The number of ether oxygens (including phenoxy) is 1. The second-order valence-corrected chi connectivity index (χ2v) is 6.25. The van der Waals surface area contributed by atoms with Crippen molar-refractivity contribution in [1.82, 2.24) is 0 Å². The normalized spacial score (nSPS) is 10.3. The van der Waals surface area contributed by atoms with Crippen molar-refractivity contribution in [2.75, 3.05) is 17.7 Å². The molecule has 0 aliphatic carbocycles. The molecule has 0 spiro atoms. The van der Waals surface area contributed by atoms with E-state index in [0.717, 1.165) is 18.2 Å². The van der Waals surface area contributed by atoms with Crippen LogP contribution in [0.5, 0.6) is 0 Å². The maximum atomic E-state index is 13.5. The van der Waals surface area contributed by atoms with Gasteiger partial charge in [0.25, 0.3) is 5.91 Å². The van der Waals surface area contributed by atoms with Gasteiger partial charge >= 0.3 is 5.97 Å². The summed E-state index contributed by atoms with van der Waals surface area (Å²) in [6.07, 6.45) is 0. The molecule has 0 saturated carbocycles. The fraction of sp³-hybridized carbons (Fsp3) is 0.167. The number of ketones is 1. The molecule has 26 heavy (non-hydrogen) atoms. The molecule has 2 rings (SSSR count). The quantitative estimate of drug-likeness (QED) is 0.589. The lowest BCUT2D eigenvalue weighted by Crippen LogP contribution is -2.21. The second kappa shape index (κ2) is 9.10. The van der Waals surface area contributed by atoms with Crippen LogP contribution >= 0.6 is 11.8 Å². The van der Waals surface area contributed by atoms with Crippen LogP contribution in [0.15, 0.2) is 47.4 Å².